The Hall–Kier alpha value is -2.93. The Kier molecular flexibility index (Phi) is 4.53. The zero-order chi connectivity index (χ0) is 17.9. The fourth-order valence-corrected chi connectivity index (χ4v) is 3.36. The minimum atomic E-state index is 0.554. The molecule has 0 saturated carbocycles. The van der Waals surface area contributed by atoms with Crippen molar-refractivity contribution in [3.8, 4) is 17.0 Å². The Morgan fingerprint density at radius 1 is 1.04 bits per heavy atom. The highest BCUT2D eigenvalue weighted by atomic mass is 32.2. The molecule has 0 spiro atoms. The van der Waals surface area contributed by atoms with E-state index in [9.17, 15) is 0 Å². The molecule has 0 aliphatic rings. The van der Waals surface area contributed by atoms with Crippen LogP contribution in [0.5, 0.6) is 0 Å². The van der Waals surface area contributed by atoms with E-state index in [0.717, 1.165) is 22.6 Å². The zero-order valence-corrected chi connectivity index (χ0v) is 15.3. The van der Waals surface area contributed by atoms with Crippen LogP contribution in [0.2, 0.25) is 0 Å². The molecule has 6 nitrogen and oxygen atoms in total. The van der Waals surface area contributed by atoms with Crippen LogP contribution in [0, 0.1) is 13.8 Å². The van der Waals surface area contributed by atoms with Gasteiger partial charge in [0.05, 0.1) is 17.6 Å². The number of hydrogen-bond acceptors (Lipinski definition) is 6. The first kappa shape index (κ1) is 16.5. The van der Waals surface area contributed by atoms with Gasteiger partial charge in [-0.05, 0) is 41.5 Å². The summed E-state index contributed by atoms with van der Waals surface area (Å²) in [6, 6.07) is 16.0. The molecule has 0 aliphatic carbocycles. The number of nitrogens with zero attached hydrogens (tertiary/aromatic N) is 5. The van der Waals surface area contributed by atoms with E-state index in [-0.39, 0.29) is 0 Å². The monoisotopic (exact) mass is 363 g/mol. The molecule has 0 radical (unpaired) electrons. The SMILES string of the molecule is Cc1cccc(-n2nnnc2SCc2ncc(-c3ccccc3)o2)c1C. The van der Waals surface area contributed by atoms with Gasteiger partial charge in [-0.15, -0.1) is 5.10 Å². The number of thioether (sulfide) groups is 1. The van der Waals surface area contributed by atoms with Crippen molar-refractivity contribution in [2.45, 2.75) is 24.8 Å². The highest BCUT2D eigenvalue weighted by Gasteiger charge is 2.14. The maximum atomic E-state index is 5.85. The topological polar surface area (TPSA) is 69.6 Å². The number of benzene rings is 2. The van der Waals surface area contributed by atoms with Gasteiger partial charge < -0.3 is 4.42 Å². The van der Waals surface area contributed by atoms with Gasteiger partial charge >= 0.3 is 0 Å². The van der Waals surface area contributed by atoms with E-state index in [1.54, 1.807) is 10.9 Å². The predicted octanol–water partition coefficient (Wildman–Crippen LogP) is 4.23. The summed E-state index contributed by atoms with van der Waals surface area (Å²) in [6.07, 6.45) is 1.75. The summed E-state index contributed by atoms with van der Waals surface area (Å²) in [5.41, 5.74) is 4.35. The second-order valence-electron chi connectivity index (χ2n) is 5.87. The molecule has 26 heavy (non-hydrogen) atoms. The molecule has 2 aromatic heterocycles. The molecule has 4 rings (SSSR count). The number of hydrogen-bond donors (Lipinski definition) is 0. The van der Waals surface area contributed by atoms with E-state index < -0.39 is 0 Å². The van der Waals surface area contributed by atoms with Gasteiger partial charge in [-0.1, -0.05) is 54.2 Å². The number of rotatable bonds is 5. The molecule has 2 heterocycles. The fraction of sp³-hybridized carbons (Fsp3) is 0.158. The normalized spacial score (nSPS) is 11.0. The highest BCUT2D eigenvalue weighted by molar-refractivity contribution is 7.98. The third kappa shape index (κ3) is 3.25. The Labute approximate surface area is 155 Å². The van der Waals surface area contributed by atoms with E-state index in [1.165, 1.54) is 17.3 Å². The summed E-state index contributed by atoms with van der Waals surface area (Å²) in [5.74, 6) is 1.96. The van der Waals surface area contributed by atoms with Crippen LogP contribution in [0.3, 0.4) is 0 Å². The van der Waals surface area contributed by atoms with E-state index in [1.807, 2.05) is 42.5 Å². The van der Waals surface area contributed by atoms with Crippen molar-refractivity contribution in [3.63, 3.8) is 0 Å². The number of aromatic nitrogens is 5. The third-order valence-electron chi connectivity index (χ3n) is 4.18. The van der Waals surface area contributed by atoms with Crippen LogP contribution in [-0.4, -0.2) is 25.2 Å². The molecule has 0 bridgehead atoms. The highest BCUT2D eigenvalue weighted by Crippen LogP contribution is 2.26. The molecule has 0 saturated heterocycles. The molecule has 0 N–H and O–H groups in total. The van der Waals surface area contributed by atoms with Crippen LogP contribution >= 0.6 is 11.8 Å². The van der Waals surface area contributed by atoms with Crippen LogP contribution < -0.4 is 0 Å². The Bertz CT molecular complexity index is 1030. The molecule has 0 atom stereocenters. The molecular formula is C19H17N5OS. The van der Waals surface area contributed by atoms with Crippen LogP contribution in [0.4, 0.5) is 0 Å². The lowest BCUT2D eigenvalue weighted by Gasteiger charge is -2.09. The second-order valence-corrected chi connectivity index (χ2v) is 6.81. The quantitative estimate of drug-likeness (QED) is 0.494. The fourth-order valence-electron chi connectivity index (χ4n) is 2.62. The minimum absolute atomic E-state index is 0.554. The van der Waals surface area contributed by atoms with Gasteiger partial charge in [0.15, 0.2) is 5.76 Å². The van der Waals surface area contributed by atoms with Crippen molar-refractivity contribution in [1.82, 2.24) is 25.2 Å². The van der Waals surface area contributed by atoms with Gasteiger partial charge in [-0.25, -0.2) is 4.98 Å². The molecule has 0 amide bonds. The minimum Gasteiger partial charge on any atom is -0.440 e. The van der Waals surface area contributed by atoms with Gasteiger partial charge in [0, 0.05) is 5.56 Å². The van der Waals surface area contributed by atoms with E-state index in [4.69, 9.17) is 4.42 Å². The molecule has 0 unspecified atom stereocenters. The summed E-state index contributed by atoms with van der Waals surface area (Å²) in [7, 11) is 0. The standard InChI is InChI=1S/C19H17N5OS/c1-13-7-6-10-16(14(13)2)24-19(21-22-23-24)26-12-18-20-11-17(25-18)15-8-4-3-5-9-15/h3-11H,12H2,1-2H3. The molecule has 2 aromatic carbocycles. The number of aryl methyl sites for hydroxylation is 1. The van der Waals surface area contributed by atoms with Crippen molar-refractivity contribution in [2.24, 2.45) is 0 Å². The molecular weight excluding hydrogens is 346 g/mol. The first-order valence-corrected chi connectivity index (χ1v) is 9.19. The van der Waals surface area contributed by atoms with Crippen molar-refractivity contribution < 1.29 is 4.42 Å². The summed E-state index contributed by atoms with van der Waals surface area (Å²) in [5, 5.41) is 12.8. The van der Waals surface area contributed by atoms with Crippen molar-refractivity contribution in [3.05, 3.63) is 71.7 Å². The summed E-state index contributed by atoms with van der Waals surface area (Å²) >= 11 is 1.50. The average molecular weight is 363 g/mol. The van der Waals surface area contributed by atoms with Gasteiger partial charge in [0.25, 0.3) is 0 Å². The Morgan fingerprint density at radius 2 is 1.88 bits per heavy atom. The molecule has 7 heteroatoms. The lowest BCUT2D eigenvalue weighted by molar-refractivity contribution is 0.529. The largest absolute Gasteiger partial charge is 0.440 e. The van der Waals surface area contributed by atoms with Gasteiger partial charge in [-0.2, -0.15) is 4.68 Å². The maximum Gasteiger partial charge on any atom is 0.214 e. The first-order valence-electron chi connectivity index (χ1n) is 8.20. The Balaban J connectivity index is 1.53. The van der Waals surface area contributed by atoms with Crippen molar-refractivity contribution in [2.75, 3.05) is 0 Å². The molecule has 130 valence electrons. The van der Waals surface area contributed by atoms with Gasteiger partial charge in [0.2, 0.25) is 11.0 Å². The summed E-state index contributed by atoms with van der Waals surface area (Å²) < 4.78 is 7.60. The van der Waals surface area contributed by atoms with Crippen LogP contribution in [-0.2, 0) is 5.75 Å². The van der Waals surface area contributed by atoms with Crippen LogP contribution in [0.25, 0.3) is 17.0 Å². The van der Waals surface area contributed by atoms with Gasteiger partial charge in [0.1, 0.15) is 0 Å². The second kappa shape index (κ2) is 7.13. The maximum absolute atomic E-state index is 5.85. The molecule has 0 fully saturated rings. The van der Waals surface area contributed by atoms with E-state index in [2.05, 4.69) is 40.4 Å². The number of tetrazole rings is 1. The zero-order valence-electron chi connectivity index (χ0n) is 14.5. The first-order chi connectivity index (χ1) is 12.7. The lowest BCUT2D eigenvalue weighted by atomic mass is 10.1. The van der Waals surface area contributed by atoms with Crippen LogP contribution in [0.15, 0.2) is 64.3 Å². The van der Waals surface area contributed by atoms with E-state index in [0.29, 0.717) is 16.8 Å². The van der Waals surface area contributed by atoms with Crippen molar-refractivity contribution >= 4 is 11.8 Å². The molecule has 4 aromatic rings. The Morgan fingerprint density at radius 3 is 2.73 bits per heavy atom. The smallest absolute Gasteiger partial charge is 0.214 e. The third-order valence-corrected chi connectivity index (χ3v) is 5.09. The van der Waals surface area contributed by atoms with Crippen LogP contribution in [0.1, 0.15) is 17.0 Å². The average Bonchev–Trinajstić information content (AvgIpc) is 3.32. The number of oxazole rings is 1. The van der Waals surface area contributed by atoms with Crippen molar-refractivity contribution in [1.29, 1.82) is 0 Å². The molecule has 0 aliphatic heterocycles. The van der Waals surface area contributed by atoms with Gasteiger partial charge in [-0.3, -0.25) is 0 Å². The van der Waals surface area contributed by atoms with E-state index >= 15 is 0 Å². The predicted molar refractivity (Wildman–Crippen MR) is 100 cm³/mol. The lowest BCUT2D eigenvalue weighted by Crippen LogP contribution is -2.02. The summed E-state index contributed by atoms with van der Waals surface area (Å²) in [4.78, 5) is 4.36. The summed E-state index contributed by atoms with van der Waals surface area (Å²) in [6.45, 7) is 4.15.